The lowest BCUT2D eigenvalue weighted by Gasteiger charge is -2.19. The molecule has 1 unspecified atom stereocenters. The average molecular weight is 240 g/mol. The lowest BCUT2D eigenvalue weighted by molar-refractivity contribution is -0.140. The summed E-state index contributed by atoms with van der Waals surface area (Å²) in [6.07, 6.45) is 3.61. The molecule has 0 spiro atoms. The van der Waals surface area contributed by atoms with Crippen molar-refractivity contribution in [3.63, 3.8) is 0 Å². The van der Waals surface area contributed by atoms with Gasteiger partial charge >= 0.3 is 5.97 Å². The minimum Gasteiger partial charge on any atom is -0.481 e. The fourth-order valence-corrected chi connectivity index (χ4v) is 2.66. The highest BCUT2D eigenvalue weighted by Crippen LogP contribution is 2.37. The van der Waals surface area contributed by atoms with Crippen LogP contribution in [0.15, 0.2) is 18.2 Å². The molecule has 1 aromatic carbocycles. The molecule has 17 heavy (non-hydrogen) atoms. The second-order valence-corrected chi connectivity index (χ2v) is 4.56. The average Bonchev–Trinajstić information content (AvgIpc) is 2.68. The highest BCUT2D eigenvalue weighted by atomic mass is 19.1. The first kappa shape index (κ1) is 12.0. The van der Waals surface area contributed by atoms with E-state index in [1.807, 2.05) is 0 Å². The van der Waals surface area contributed by atoms with Gasteiger partial charge in [-0.3, -0.25) is 4.79 Å². The third kappa shape index (κ3) is 2.62. The zero-order chi connectivity index (χ0) is 12.4. The highest BCUT2D eigenvalue weighted by molar-refractivity contribution is 5.76. The molecule has 0 amide bonds. The number of hydrogen-bond donors (Lipinski definition) is 1. The minimum absolute atomic E-state index is 0.00583. The zero-order valence-electron chi connectivity index (χ0n) is 9.33. The summed E-state index contributed by atoms with van der Waals surface area (Å²) in [7, 11) is 0. The van der Waals surface area contributed by atoms with Crippen molar-refractivity contribution in [2.45, 2.75) is 31.6 Å². The van der Waals surface area contributed by atoms with Gasteiger partial charge in [0.1, 0.15) is 11.6 Å². The molecule has 0 aliphatic heterocycles. The van der Waals surface area contributed by atoms with Gasteiger partial charge in [-0.05, 0) is 36.5 Å². The van der Waals surface area contributed by atoms with Gasteiger partial charge < -0.3 is 5.11 Å². The Morgan fingerprint density at radius 3 is 2.18 bits per heavy atom. The third-order valence-corrected chi connectivity index (χ3v) is 3.38. The van der Waals surface area contributed by atoms with Crippen molar-refractivity contribution < 1.29 is 18.7 Å². The van der Waals surface area contributed by atoms with E-state index < -0.39 is 23.5 Å². The number of rotatable bonds is 3. The number of benzene rings is 1. The van der Waals surface area contributed by atoms with E-state index in [1.165, 1.54) is 0 Å². The molecule has 4 heteroatoms. The predicted octanol–water partition coefficient (Wildman–Crippen LogP) is 3.32. The van der Waals surface area contributed by atoms with E-state index in [1.54, 1.807) is 0 Å². The Hall–Kier alpha value is -1.45. The standard InChI is InChI=1S/C13H14F2O2/c14-10-5-9(6-11(15)7-10)12(13(16)17)8-3-1-2-4-8/h5-8,12H,1-4H2,(H,16,17). The maximum atomic E-state index is 13.1. The van der Waals surface area contributed by atoms with Gasteiger partial charge in [-0.25, -0.2) is 8.78 Å². The minimum atomic E-state index is -0.998. The van der Waals surface area contributed by atoms with Crippen LogP contribution in [0.4, 0.5) is 8.78 Å². The largest absolute Gasteiger partial charge is 0.481 e. The maximum Gasteiger partial charge on any atom is 0.311 e. The molecule has 2 nitrogen and oxygen atoms in total. The molecule has 0 aromatic heterocycles. The number of carboxylic acid groups (broad SMARTS) is 1. The van der Waals surface area contributed by atoms with Gasteiger partial charge in [0.05, 0.1) is 5.92 Å². The summed E-state index contributed by atoms with van der Waals surface area (Å²) in [5.74, 6) is -3.23. The smallest absolute Gasteiger partial charge is 0.311 e. The molecule has 0 heterocycles. The number of aliphatic carboxylic acids is 1. The first-order valence-corrected chi connectivity index (χ1v) is 5.76. The molecule has 1 fully saturated rings. The predicted molar refractivity (Wildman–Crippen MR) is 58.7 cm³/mol. The van der Waals surface area contributed by atoms with Gasteiger partial charge in [-0.2, -0.15) is 0 Å². The van der Waals surface area contributed by atoms with E-state index in [2.05, 4.69) is 0 Å². The highest BCUT2D eigenvalue weighted by Gasteiger charge is 2.32. The summed E-state index contributed by atoms with van der Waals surface area (Å²) < 4.78 is 26.2. The Labute approximate surface area is 98.3 Å². The van der Waals surface area contributed by atoms with Gasteiger partial charge in [0.25, 0.3) is 0 Å². The summed E-state index contributed by atoms with van der Waals surface area (Å²) >= 11 is 0. The molecular weight excluding hydrogens is 226 g/mol. The SMILES string of the molecule is O=C(O)C(c1cc(F)cc(F)c1)C1CCCC1. The molecule has 1 saturated carbocycles. The Kier molecular flexibility index (Phi) is 3.41. The second kappa shape index (κ2) is 4.82. The molecule has 1 atom stereocenters. The van der Waals surface area contributed by atoms with Gasteiger partial charge in [0.15, 0.2) is 0 Å². The van der Waals surface area contributed by atoms with E-state index in [0.29, 0.717) is 0 Å². The number of halogens is 2. The quantitative estimate of drug-likeness (QED) is 0.879. The van der Waals surface area contributed by atoms with Crippen molar-refractivity contribution in [2.75, 3.05) is 0 Å². The summed E-state index contributed by atoms with van der Waals surface area (Å²) in [6.45, 7) is 0. The van der Waals surface area contributed by atoms with Crippen molar-refractivity contribution >= 4 is 5.97 Å². The van der Waals surface area contributed by atoms with Gasteiger partial charge in [0.2, 0.25) is 0 Å². The van der Waals surface area contributed by atoms with Crippen molar-refractivity contribution in [1.29, 1.82) is 0 Å². The summed E-state index contributed by atoms with van der Waals surface area (Å²) in [5, 5.41) is 9.22. The molecule has 1 aliphatic rings. The molecular formula is C13H14F2O2. The van der Waals surface area contributed by atoms with Crippen LogP contribution in [-0.2, 0) is 4.79 Å². The Morgan fingerprint density at radius 1 is 1.18 bits per heavy atom. The number of carbonyl (C=O) groups is 1. The molecule has 1 aromatic rings. The fourth-order valence-electron chi connectivity index (χ4n) is 2.66. The first-order chi connectivity index (χ1) is 8.08. The summed E-state index contributed by atoms with van der Waals surface area (Å²) in [5.41, 5.74) is 0.238. The van der Waals surface area contributed by atoms with E-state index in [-0.39, 0.29) is 11.5 Å². The molecule has 0 bridgehead atoms. The van der Waals surface area contributed by atoms with Gasteiger partial charge in [-0.1, -0.05) is 12.8 Å². The summed E-state index contributed by atoms with van der Waals surface area (Å²) in [6, 6.07) is 3.01. The second-order valence-electron chi connectivity index (χ2n) is 4.56. The Balaban J connectivity index is 2.34. The van der Waals surface area contributed by atoms with Crippen LogP contribution in [0.2, 0.25) is 0 Å². The molecule has 1 aliphatic carbocycles. The normalized spacial score (nSPS) is 18.2. The molecule has 92 valence electrons. The first-order valence-electron chi connectivity index (χ1n) is 5.76. The van der Waals surface area contributed by atoms with Crippen LogP contribution in [0.3, 0.4) is 0 Å². The van der Waals surface area contributed by atoms with E-state index >= 15 is 0 Å². The van der Waals surface area contributed by atoms with Crippen LogP contribution >= 0.6 is 0 Å². The van der Waals surface area contributed by atoms with E-state index in [9.17, 15) is 18.7 Å². The molecule has 2 rings (SSSR count). The van der Waals surface area contributed by atoms with Crippen LogP contribution in [0, 0.1) is 17.6 Å². The Bertz CT molecular complexity index is 405. The number of carboxylic acids is 1. The fraction of sp³-hybridized carbons (Fsp3) is 0.462. The van der Waals surface area contributed by atoms with Crippen LogP contribution in [0.1, 0.15) is 37.2 Å². The topological polar surface area (TPSA) is 37.3 Å². The molecule has 1 N–H and O–H groups in total. The van der Waals surface area contributed by atoms with Crippen molar-refractivity contribution in [3.8, 4) is 0 Å². The maximum absolute atomic E-state index is 13.1. The lowest BCUT2D eigenvalue weighted by atomic mass is 9.85. The molecule has 0 saturated heterocycles. The van der Waals surface area contributed by atoms with Crippen LogP contribution < -0.4 is 0 Å². The van der Waals surface area contributed by atoms with Crippen LogP contribution in [-0.4, -0.2) is 11.1 Å². The van der Waals surface area contributed by atoms with Gasteiger partial charge in [0, 0.05) is 6.07 Å². The van der Waals surface area contributed by atoms with Crippen LogP contribution in [0.25, 0.3) is 0 Å². The third-order valence-electron chi connectivity index (χ3n) is 3.38. The van der Waals surface area contributed by atoms with Gasteiger partial charge in [-0.15, -0.1) is 0 Å². The molecule has 0 radical (unpaired) electrons. The van der Waals surface area contributed by atoms with Crippen molar-refractivity contribution in [3.05, 3.63) is 35.4 Å². The van der Waals surface area contributed by atoms with Crippen molar-refractivity contribution in [2.24, 2.45) is 5.92 Å². The van der Waals surface area contributed by atoms with E-state index in [0.717, 1.165) is 43.9 Å². The van der Waals surface area contributed by atoms with Crippen molar-refractivity contribution in [1.82, 2.24) is 0 Å². The zero-order valence-corrected chi connectivity index (χ0v) is 9.33. The number of hydrogen-bond acceptors (Lipinski definition) is 1. The van der Waals surface area contributed by atoms with Crippen LogP contribution in [0.5, 0.6) is 0 Å². The monoisotopic (exact) mass is 240 g/mol. The lowest BCUT2D eigenvalue weighted by Crippen LogP contribution is -2.20. The Morgan fingerprint density at radius 2 is 1.71 bits per heavy atom. The van der Waals surface area contributed by atoms with E-state index in [4.69, 9.17) is 0 Å². The summed E-state index contributed by atoms with van der Waals surface area (Å²) in [4.78, 5) is 11.3.